The first-order valence-corrected chi connectivity index (χ1v) is 4.58. The van der Waals surface area contributed by atoms with E-state index in [1.54, 1.807) is 12.1 Å². The molecule has 0 heterocycles. The van der Waals surface area contributed by atoms with Gasteiger partial charge < -0.3 is 4.74 Å². The van der Waals surface area contributed by atoms with Crippen molar-refractivity contribution in [3.63, 3.8) is 0 Å². The van der Waals surface area contributed by atoms with E-state index in [0.29, 0.717) is 11.1 Å². The number of ether oxygens (including phenoxy) is 1. The van der Waals surface area contributed by atoms with Crippen LogP contribution in [0.4, 0.5) is 0 Å². The lowest BCUT2D eigenvalue weighted by Gasteiger charge is -2.03. The number of esters is 1. The van der Waals surface area contributed by atoms with Crippen LogP contribution in [0.1, 0.15) is 16.7 Å². The first-order valence-electron chi connectivity index (χ1n) is 4.58. The number of carbonyl (C=O) groups is 1. The van der Waals surface area contributed by atoms with Gasteiger partial charge in [-0.05, 0) is 29.7 Å². The SMILES string of the molecule is COC(=O)C1=CCc2ccc(C#N)cc21. The molecule has 0 radical (unpaired) electrons. The lowest BCUT2D eigenvalue weighted by Crippen LogP contribution is -2.02. The number of fused-ring (bicyclic) bond motifs is 1. The highest BCUT2D eigenvalue weighted by molar-refractivity contribution is 6.18. The molecule has 0 N–H and O–H groups in total. The third-order valence-electron chi connectivity index (χ3n) is 2.46. The lowest BCUT2D eigenvalue weighted by molar-refractivity contribution is -0.133. The zero-order valence-electron chi connectivity index (χ0n) is 8.28. The third kappa shape index (κ3) is 1.50. The van der Waals surface area contributed by atoms with Crippen molar-refractivity contribution >= 4 is 11.5 Å². The molecule has 0 fully saturated rings. The first kappa shape index (κ1) is 9.47. The maximum atomic E-state index is 11.4. The van der Waals surface area contributed by atoms with Crippen molar-refractivity contribution in [1.82, 2.24) is 0 Å². The predicted octanol–water partition coefficient (Wildman–Crippen LogP) is 1.67. The second-order valence-corrected chi connectivity index (χ2v) is 3.30. The summed E-state index contributed by atoms with van der Waals surface area (Å²) in [6.07, 6.45) is 2.56. The minimum absolute atomic E-state index is 0.344. The van der Waals surface area contributed by atoms with Gasteiger partial charge in [0.1, 0.15) is 0 Å². The van der Waals surface area contributed by atoms with Gasteiger partial charge in [-0.3, -0.25) is 0 Å². The maximum absolute atomic E-state index is 11.4. The fourth-order valence-corrected chi connectivity index (χ4v) is 1.70. The van der Waals surface area contributed by atoms with E-state index >= 15 is 0 Å². The van der Waals surface area contributed by atoms with Crippen LogP contribution >= 0.6 is 0 Å². The quantitative estimate of drug-likeness (QED) is 0.646. The highest BCUT2D eigenvalue weighted by Crippen LogP contribution is 2.28. The molecule has 0 atom stereocenters. The maximum Gasteiger partial charge on any atom is 0.338 e. The first-order chi connectivity index (χ1) is 7.26. The molecule has 0 amide bonds. The molecule has 1 aromatic rings. The standard InChI is InChI=1S/C12H9NO2/c1-15-12(14)10-5-4-9-3-2-8(7-13)6-11(9)10/h2-3,5-6H,4H2,1H3. The van der Waals surface area contributed by atoms with Gasteiger partial charge in [-0.15, -0.1) is 0 Å². The lowest BCUT2D eigenvalue weighted by atomic mass is 10.0. The second-order valence-electron chi connectivity index (χ2n) is 3.30. The van der Waals surface area contributed by atoms with Gasteiger partial charge in [0.25, 0.3) is 0 Å². The van der Waals surface area contributed by atoms with Gasteiger partial charge >= 0.3 is 5.97 Å². The fourth-order valence-electron chi connectivity index (χ4n) is 1.70. The van der Waals surface area contributed by atoms with E-state index in [2.05, 4.69) is 10.8 Å². The van der Waals surface area contributed by atoms with Crippen LogP contribution in [0.15, 0.2) is 24.3 Å². The summed E-state index contributed by atoms with van der Waals surface area (Å²) in [7, 11) is 1.36. The Hall–Kier alpha value is -2.08. The number of rotatable bonds is 1. The van der Waals surface area contributed by atoms with Gasteiger partial charge in [0.05, 0.1) is 24.3 Å². The van der Waals surface area contributed by atoms with Crippen LogP contribution in [0.3, 0.4) is 0 Å². The molecule has 0 aromatic heterocycles. The zero-order valence-corrected chi connectivity index (χ0v) is 8.28. The molecule has 0 saturated carbocycles. The molecule has 0 aliphatic heterocycles. The van der Waals surface area contributed by atoms with Crippen LogP contribution in [-0.4, -0.2) is 13.1 Å². The number of methoxy groups -OCH3 is 1. The molecule has 0 bridgehead atoms. The van der Waals surface area contributed by atoms with Crippen molar-refractivity contribution in [1.29, 1.82) is 5.26 Å². The number of carbonyl (C=O) groups excluding carboxylic acids is 1. The summed E-state index contributed by atoms with van der Waals surface area (Å²) < 4.78 is 4.67. The minimum Gasteiger partial charge on any atom is -0.465 e. The van der Waals surface area contributed by atoms with Gasteiger partial charge in [-0.25, -0.2) is 4.79 Å². The molecule has 2 rings (SSSR count). The Morgan fingerprint density at radius 1 is 1.53 bits per heavy atom. The van der Waals surface area contributed by atoms with Crippen LogP contribution < -0.4 is 0 Å². The van der Waals surface area contributed by atoms with Gasteiger partial charge in [0, 0.05) is 0 Å². The highest BCUT2D eigenvalue weighted by atomic mass is 16.5. The van der Waals surface area contributed by atoms with E-state index in [1.165, 1.54) is 7.11 Å². The number of allylic oxidation sites excluding steroid dienone is 1. The largest absolute Gasteiger partial charge is 0.465 e. The van der Waals surface area contributed by atoms with Gasteiger partial charge in [0.2, 0.25) is 0 Å². The van der Waals surface area contributed by atoms with Gasteiger partial charge in [0.15, 0.2) is 0 Å². The summed E-state index contributed by atoms with van der Waals surface area (Å²) in [4.78, 5) is 11.4. The Bertz CT molecular complexity index is 495. The average molecular weight is 199 g/mol. The van der Waals surface area contributed by atoms with Crippen molar-refractivity contribution in [2.75, 3.05) is 7.11 Å². The molecule has 0 spiro atoms. The molecule has 74 valence electrons. The second kappa shape index (κ2) is 3.58. The smallest absolute Gasteiger partial charge is 0.338 e. The van der Waals surface area contributed by atoms with Crippen molar-refractivity contribution in [3.8, 4) is 6.07 Å². The molecule has 15 heavy (non-hydrogen) atoms. The van der Waals surface area contributed by atoms with E-state index in [0.717, 1.165) is 17.5 Å². The molecular formula is C12H9NO2. The average Bonchev–Trinajstić information content (AvgIpc) is 2.70. The number of hydrogen-bond donors (Lipinski definition) is 0. The van der Waals surface area contributed by atoms with E-state index < -0.39 is 0 Å². The summed E-state index contributed by atoms with van der Waals surface area (Å²) in [5, 5.41) is 8.77. The van der Waals surface area contributed by atoms with Crippen molar-refractivity contribution in [2.24, 2.45) is 0 Å². The number of nitrogens with zero attached hydrogens (tertiary/aromatic N) is 1. The molecule has 3 heteroatoms. The number of hydrogen-bond acceptors (Lipinski definition) is 3. The topological polar surface area (TPSA) is 50.1 Å². The van der Waals surface area contributed by atoms with Crippen molar-refractivity contribution < 1.29 is 9.53 Å². The summed E-state index contributed by atoms with van der Waals surface area (Å²) in [6, 6.07) is 7.41. The summed E-state index contributed by atoms with van der Waals surface area (Å²) in [5.41, 5.74) is 3.00. The number of nitriles is 1. The summed E-state index contributed by atoms with van der Waals surface area (Å²) in [6.45, 7) is 0. The summed E-state index contributed by atoms with van der Waals surface area (Å²) >= 11 is 0. The molecule has 1 aliphatic rings. The van der Waals surface area contributed by atoms with E-state index in [9.17, 15) is 4.79 Å². The normalized spacial score (nSPS) is 12.7. The monoisotopic (exact) mass is 199 g/mol. The van der Waals surface area contributed by atoms with Gasteiger partial charge in [-0.1, -0.05) is 12.1 Å². The zero-order chi connectivity index (χ0) is 10.8. The molecule has 1 aliphatic carbocycles. The molecule has 1 aromatic carbocycles. The van der Waals surface area contributed by atoms with E-state index in [1.807, 2.05) is 12.1 Å². The van der Waals surface area contributed by atoms with Crippen LogP contribution in [0, 0.1) is 11.3 Å². The Morgan fingerprint density at radius 3 is 3.00 bits per heavy atom. The molecular weight excluding hydrogens is 190 g/mol. The van der Waals surface area contributed by atoms with Crippen LogP contribution in [0.5, 0.6) is 0 Å². The van der Waals surface area contributed by atoms with Gasteiger partial charge in [-0.2, -0.15) is 5.26 Å². The van der Waals surface area contributed by atoms with Crippen LogP contribution in [-0.2, 0) is 16.0 Å². The fraction of sp³-hybridized carbons (Fsp3) is 0.167. The molecule has 0 unspecified atom stereocenters. The predicted molar refractivity (Wildman–Crippen MR) is 54.9 cm³/mol. The Kier molecular flexibility index (Phi) is 2.26. The van der Waals surface area contributed by atoms with E-state index in [4.69, 9.17) is 5.26 Å². The van der Waals surface area contributed by atoms with Crippen molar-refractivity contribution in [3.05, 3.63) is 41.0 Å². The molecule has 0 saturated heterocycles. The Labute approximate surface area is 87.6 Å². The van der Waals surface area contributed by atoms with Crippen molar-refractivity contribution in [2.45, 2.75) is 6.42 Å². The van der Waals surface area contributed by atoms with Crippen LogP contribution in [0.25, 0.3) is 5.57 Å². The van der Waals surface area contributed by atoms with E-state index in [-0.39, 0.29) is 5.97 Å². The Balaban J connectivity index is 2.47. The summed E-state index contributed by atoms with van der Waals surface area (Å²) in [5.74, 6) is -0.344. The minimum atomic E-state index is -0.344. The third-order valence-corrected chi connectivity index (χ3v) is 2.46. The molecule has 3 nitrogen and oxygen atoms in total. The highest BCUT2D eigenvalue weighted by Gasteiger charge is 2.20. The van der Waals surface area contributed by atoms with Crippen LogP contribution in [0.2, 0.25) is 0 Å². The number of benzene rings is 1. The Morgan fingerprint density at radius 2 is 2.33 bits per heavy atom.